The largest absolute Gasteiger partial charge is 0.384 e. The van der Waals surface area contributed by atoms with Crippen LogP contribution in [-0.4, -0.2) is 30.6 Å². The summed E-state index contributed by atoms with van der Waals surface area (Å²) in [6.07, 6.45) is 4.14. The summed E-state index contributed by atoms with van der Waals surface area (Å²) in [6, 6.07) is 9.37. The minimum atomic E-state index is 0.767. The van der Waals surface area contributed by atoms with Gasteiger partial charge in [0.05, 0.1) is 0 Å². The van der Waals surface area contributed by atoms with Crippen LogP contribution in [-0.2, 0) is 0 Å². The molecule has 0 aromatic heterocycles. The number of piperidine rings is 1. The third kappa shape index (κ3) is 3.74. The highest BCUT2D eigenvalue weighted by Gasteiger charge is 2.16. The van der Waals surface area contributed by atoms with E-state index in [1.807, 2.05) is 0 Å². The van der Waals surface area contributed by atoms with Crippen molar-refractivity contribution in [1.82, 2.24) is 4.90 Å². The SMILES string of the molecule is Cc1cccc(NCCN2CCCCC2C)c1. The summed E-state index contributed by atoms with van der Waals surface area (Å²) in [5, 5.41) is 3.51. The Morgan fingerprint density at radius 3 is 3.00 bits per heavy atom. The molecule has 17 heavy (non-hydrogen) atoms. The van der Waals surface area contributed by atoms with E-state index in [2.05, 4.69) is 48.3 Å². The molecule has 1 unspecified atom stereocenters. The van der Waals surface area contributed by atoms with Crippen LogP contribution in [0, 0.1) is 6.92 Å². The van der Waals surface area contributed by atoms with Crippen LogP contribution in [0.25, 0.3) is 0 Å². The van der Waals surface area contributed by atoms with E-state index in [1.54, 1.807) is 0 Å². The van der Waals surface area contributed by atoms with Crippen LogP contribution in [0.1, 0.15) is 31.7 Å². The lowest BCUT2D eigenvalue weighted by Crippen LogP contribution is -2.40. The average Bonchev–Trinajstić information content (AvgIpc) is 2.32. The molecule has 1 atom stereocenters. The average molecular weight is 232 g/mol. The predicted molar refractivity (Wildman–Crippen MR) is 74.6 cm³/mol. The molecule has 1 saturated heterocycles. The van der Waals surface area contributed by atoms with Crippen molar-refractivity contribution in [3.63, 3.8) is 0 Å². The maximum Gasteiger partial charge on any atom is 0.0343 e. The minimum Gasteiger partial charge on any atom is -0.384 e. The first-order valence-electron chi connectivity index (χ1n) is 6.80. The number of rotatable bonds is 4. The molecule has 0 bridgehead atoms. The van der Waals surface area contributed by atoms with Crippen LogP contribution < -0.4 is 5.32 Å². The summed E-state index contributed by atoms with van der Waals surface area (Å²) in [7, 11) is 0. The van der Waals surface area contributed by atoms with E-state index < -0.39 is 0 Å². The molecular formula is C15H24N2. The Morgan fingerprint density at radius 2 is 2.24 bits per heavy atom. The Morgan fingerprint density at radius 1 is 1.35 bits per heavy atom. The smallest absolute Gasteiger partial charge is 0.0343 e. The molecule has 2 nitrogen and oxygen atoms in total. The second-order valence-corrected chi connectivity index (χ2v) is 5.18. The molecule has 1 N–H and O–H groups in total. The van der Waals surface area contributed by atoms with Gasteiger partial charge in [0.1, 0.15) is 0 Å². The zero-order valence-electron chi connectivity index (χ0n) is 11.1. The minimum absolute atomic E-state index is 0.767. The molecule has 1 aliphatic heterocycles. The lowest BCUT2D eigenvalue weighted by atomic mass is 10.0. The van der Waals surface area contributed by atoms with Gasteiger partial charge in [0.2, 0.25) is 0 Å². The number of hydrogen-bond acceptors (Lipinski definition) is 2. The molecule has 0 spiro atoms. The first-order chi connectivity index (χ1) is 8.25. The highest BCUT2D eigenvalue weighted by atomic mass is 15.2. The molecule has 0 amide bonds. The van der Waals surface area contributed by atoms with E-state index in [1.165, 1.54) is 37.1 Å². The maximum atomic E-state index is 3.51. The Labute approximate surface area is 105 Å². The van der Waals surface area contributed by atoms with E-state index in [0.29, 0.717) is 0 Å². The van der Waals surface area contributed by atoms with Crippen molar-refractivity contribution < 1.29 is 0 Å². The fourth-order valence-electron chi connectivity index (χ4n) is 2.59. The van der Waals surface area contributed by atoms with Gasteiger partial charge in [-0.1, -0.05) is 18.6 Å². The quantitative estimate of drug-likeness (QED) is 0.857. The number of likely N-dealkylation sites (tertiary alicyclic amines) is 1. The van der Waals surface area contributed by atoms with E-state index in [4.69, 9.17) is 0 Å². The lowest BCUT2D eigenvalue weighted by Gasteiger charge is -2.33. The van der Waals surface area contributed by atoms with Crippen molar-refractivity contribution in [2.75, 3.05) is 25.0 Å². The zero-order valence-corrected chi connectivity index (χ0v) is 11.1. The Balaban J connectivity index is 1.75. The van der Waals surface area contributed by atoms with Crippen LogP contribution in [0.3, 0.4) is 0 Å². The molecular weight excluding hydrogens is 208 g/mol. The first-order valence-corrected chi connectivity index (χ1v) is 6.80. The fourth-order valence-corrected chi connectivity index (χ4v) is 2.59. The first kappa shape index (κ1) is 12.4. The van der Waals surface area contributed by atoms with Gasteiger partial charge in [-0.05, 0) is 50.9 Å². The van der Waals surface area contributed by atoms with Gasteiger partial charge in [-0.15, -0.1) is 0 Å². The maximum absolute atomic E-state index is 3.51. The molecule has 2 rings (SSSR count). The van der Waals surface area contributed by atoms with Crippen LogP contribution >= 0.6 is 0 Å². The van der Waals surface area contributed by atoms with Gasteiger partial charge in [-0.25, -0.2) is 0 Å². The normalized spacial score (nSPS) is 21.4. The topological polar surface area (TPSA) is 15.3 Å². The zero-order chi connectivity index (χ0) is 12.1. The summed E-state index contributed by atoms with van der Waals surface area (Å²) >= 11 is 0. The molecule has 1 fully saturated rings. The van der Waals surface area contributed by atoms with Gasteiger partial charge in [0.25, 0.3) is 0 Å². The Kier molecular flexibility index (Phi) is 4.43. The van der Waals surface area contributed by atoms with E-state index in [0.717, 1.165) is 19.1 Å². The summed E-state index contributed by atoms with van der Waals surface area (Å²) in [5.41, 5.74) is 2.57. The van der Waals surface area contributed by atoms with Gasteiger partial charge < -0.3 is 5.32 Å². The monoisotopic (exact) mass is 232 g/mol. The van der Waals surface area contributed by atoms with Crippen molar-refractivity contribution in [3.05, 3.63) is 29.8 Å². The van der Waals surface area contributed by atoms with Gasteiger partial charge in [0, 0.05) is 24.8 Å². The van der Waals surface area contributed by atoms with Crippen molar-refractivity contribution >= 4 is 5.69 Å². The third-order valence-electron chi connectivity index (χ3n) is 3.69. The van der Waals surface area contributed by atoms with Crippen LogP contribution in [0.5, 0.6) is 0 Å². The van der Waals surface area contributed by atoms with E-state index in [-0.39, 0.29) is 0 Å². The second kappa shape index (κ2) is 6.06. The van der Waals surface area contributed by atoms with Crippen molar-refractivity contribution in [3.8, 4) is 0 Å². The number of anilines is 1. The second-order valence-electron chi connectivity index (χ2n) is 5.18. The van der Waals surface area contributed by atoms with Crippen LogP contribution in [0.15, 0.2) is 24.3 Å². The lowest BCUT2D eigenvalue weighted by molar-refractivity contribution is 0.167. The summed E-state index contributed by atoms with van der Waals surface area (Å²) in [6.45, 7) is 7.98. The molecule has 94 valence electrons. The predicted octanol–water partition coefficient (Wildman–Crippen LogP) is 3.28. The standard InChI is InChI=1S/C15H24N2/c1-13-6-5-8-15(12-13)16-9-11-17-10-4-3-7-14(17)2/h5-6,8,12,14,16H,3-4,7,9-11H2,1-2H3. The number of nitrogens with one attached hydrogen (secondary N) is 1. The molecule has 0 radical (unpaired) electrons. The summed E-state index contributed by atoms with van der Waals surface area (Å²) < 4.78 is 0. The number of aryl methyl sites for hydroxylation is 1. The summed E-state index contributed by atoms with van der Waals surface area (Å²) in [5.74, 6) is 0. The van der Waals surface area contributed by atoms with Crippen molar-refractivity contribution in [1.29, 1.82) is 0 Å². The van der Waals surface area contributed by atoms with Crippen LogP contribution in [0.2, 0.25) is 0 Å². The van der Waals surface area contributed by atoms with Crippen LogP contribution in [0.4, 0.5) is 5.69 Å². The van der Waals surface area contributed by atoms with E-state index >= 15 is 0 Å². The molecule has 1 aromatic carbocycles. The third-order valence-corrected chi connectivity index (χ3v) is 3.69. The molecule has 1 aliphatic rings. The molecule has 2 heteroatoms. The number of nitrogens with zero attached hydrogens (tertiary/aromatic N) is 1. The van der Waals surface area contributed by atoms with E-state index in [9.17, 15) is 0 Å². The molecule has 1 aromatic rings. The summed E-state index contributed by atoms with van der Waals surface area (Å²) in [4.78, 5) is 2.60. The Bertz CT molecular complexity index is 349. The highest BCUT2D eigenvalue weighted by molar-refractivity contribution is 5.45. The number of hydrogen-bond donors (Lipinski definition) is 1. The molecule has 1 heterocycles. The van der Waals surface area contributed by atoms with Gasteiger partial charge in [0.15, 0.2) is 0 Å². The van der Waals surface area contributed by atoms with Gasteiger partial charge in [-0.2, -0.15) is 0 Å². The number of benzene rings is 1. The van der Waals surface area contributed by atoms with Crippen molar-refractivity contribution in [2.45, 2.75) is 39.2 Å². The van der Waals surface area contributed by atoms with Crippen molar-refractivity contribution in [2.24, 2.45) is 0 Å². The molecule has 0 saturated carbocycles. The highest BCUT2D eigenvalue weighted by Crippen LogP contribution is 2.16. The fraction of sp³-hybridized carbons (Fsp3) is 0.600. The van der Waals surface area contributed by atoms with Gasteiger partial charge in [-0.3, -0.25) is 4.90 Å². The Hall–Kier alpha value is -1.02. The van der Waals surface area contributed by atoms with Gasteiger partial charge >= 0.3 is 0 Å². The molecule has 0 aliphatic carbocycles.